The van der Waals surface area contributed by atoms with Gasteiger partial charge in [-0.3, -0.25) is 4.79 Å². The zero-order chi connectivity index (χ0) is 19.0. The van der Waals surface area contributed by atoms with Crippen molar-refractivity contribution in [2.45, 2.75) is 58.3 Å². The third-order valence-electron chi connectivity index (χ3n) is 3.59. The lowest BCUT2D eigenvalue weighted by molar-refractivity contribution is -0.137. The number of nitrogens with two attached hydrogens (primary N) is 2. The topological polar surface area (TPSA) is 125 Å². The lowest BCUT2D eigenvalue weighted by Gasteiger charge is -2.06. The Hall–Kier alpha value is -0.730. The molecule has 25 heavy (non-hydrogen) atoms. The van der Waals surface area contributed by atoms with Gasteiger partial charge in [-0.25, -0.2) is 0 Å². The van der Waals surface area contributed by atoms with Gasteiger partial charge in [-0.05, 0) is 6.42 Å². The van der Waals surface area contributed by atoms with Gasteiger partial charge in [-0.15, -0.1) is 0 Å². The first-order chi connectivity index (χ1) is 12.2. The van der Waals surface area contributed by atoms with E-state index in [9.17, 15) is 4.79 Å². The molecule has 152 valence electrons. The van der Waals surface area contributed by atoms with Crippen LogP contribution in [-0.4, -0.2) is 63.4 Å². The van der Waals surface area contributed by atoms with Crippen LogP contribution in [0.1, 0.15) is 58.3 Å². The quantitative estimate of drug-likeness (QED) is 0.200. The fourth-order valence-electron chi connectivity index (χ4n) is 2.17. The maximum absolute atomic E-state index is 10.1. The summed E-state index contributed by atoms with van der Waals surface area (Å²) in [6.45, 7) is 9.34. The monoisotopic (exact) mass is 361 g/mol. The SMILES string of the molecule is CCCCCCCCCC(=O)O.NCCNCCNCCNCCN. The highest BCUT2D eigenvalue weighted by molar-refractivity contribution is 5.66. The Labute approximate surface area is 154 Å². The number of carbonyl (C=O) groups is 1. The second-order valence-corrected chi connectivity index (χ2v) is 6.09. The summed E-state index contributed by atoms with van der Waals surface area (Å²) in [6.07, 6.45) is 8.64. The van der Waals surface area contributed by atoms with Crippen molar-refractivity contribution < 1.29 is 9.90 Å². The van der Waals surface area contributed by atoms with Gasteiger partial charge < -0.3 is 32.5 Å². The van der Waals surface area contributed by atoms with Gasteiger partial charge in [0.1, 0.15) is 0 Å². The predicted octanol–water partition coefficient (Wildman–Crippen LogP) is 0.884. The second-order valence-electron chi connectivity index (χ2n) is 6.09. The third-order valence-corrected chi connectivity index (χ3v) is 3.59. The first-order valence-electron chi connectivity index (χ1n) is 9.93. The molecule has 0 aromatic carbocycles. The number of rotatable bonds is 18. The number of unbranched alkanes of at least 4 members (excludes halogenated alkanes) is 6. The summed E-state index contributed by atoms with van der Waals surface area (Å²) in [7, 11) is 0. The molecule has 0 aliphatic carbocycles. The molecule has 0 aromatic rings. The van der Waals surface area contributed by atoms with Crippen LogP contribution in [0.5, 0.6) is 0 Å². The molecule has 0 saturated heterocycles. The molecule has 0 atom stereocenters. The second kappa shape index (κ2) is 25.5. The minimum Gasteiger partial charge on any atom is -0.481 e. The van der Waals surface area contributed by atoms with Crippen LogP contribution in [0.15, 0.2) is 0 Å². The highest BCUT2D eigenvalue weighted by atomic mass is 16.4. The van der Waals surface area contributed by atoms with Crippen LogP contribution in [0.2, 0.25) is 0 Å². The van der Waals surface area contributed by atoms with Gasteiger partial charge in [-0.1, -0.05) is 45.4 Å². The molecule has 0 aromatic heterocycles. The molecular weight excluding hydrogens is 318 g/mol. The molecule has 7 heteroatoms. The molecule has 0 heterocycles. The van der Waals surface area contributed by atoms with Crippen LogP contribution in [0.3, 0.4) is 0 Å². The first-order valence-corrected chi connectivity index (χ1v) is 9.93. The van der Waals surface area contributed by atoms with Crippen LogP contribution < -0.4 is 27.4 Å². The lowest BCUT2D eigenvalue weighted by Crippen LogP contribution is -2.35. The van der Waals surface area contributed by atoms with Crippen molar-refractivity contribution in [2.75, 3.05) is 52.4 Å². The Kier molecular flexibility index (Phi) is 27.0. The summed E-state index contributed by atoms with van der Waals surface area (Å²) in [6, 6.07) is 0. The van der Waals surface area contributed by atoms with E-state index in [4.69, 9.17) is 16.6 Å². The molecule has 0 amide bonds. The minimum atomic E-state index is -0.663. The summed E-state index contributed by atoms with van der Waals surface area (Å²) in [5.41, 5.74) is 10.6. The number of carboxylic acid groups (broad SMARTS) is 1. The first kappa shape index (κ1) is 26.5. The van der Waals surface area contributed by atoms with E-state index >= 15 is 0 Å². The number of hydrogen-bond donors (Lipinski definition) is 6. The Morgan fingerprint density at radius 2 is 1.12 bits per heavy atom. The van der Waals surface area contributed by atoms with E-state index in [1.165, 1.54) is 32.1 Å². The minimum absolute atomic E-state index is 0.341. The summed E-state index contributed by atoms with van der Waals surface area (Å²) >= 11 is 0. The molecule has 0 saturated carbocycles. The highest BCUT2D eigenvalue weighted by Crippen LogP contribution is 2.07. The summed E-state index contributed by atoms with van der Waals surface area (Å²) in [5.74, 6) is -0.663. The van der Waals surface area contributed by atoms with Crippen LogP contribution in [0, 0.1) is 0 Å². The molecule has 0 aliphatic heterocycles. The summed E-state index contributed by atoms with van der Waals surface area (Å²) < 4.78 is 0. The van der Waals surface area contributed by atoms with E-state index in [-0.39, 0.29) is 0 Å². The molecular formula is C18H43N5O2. The van der Waals surface area contributed by atoms with Crippen LogP contribution in [-0.2, 0) is 4.79 Å². The average Bonchev–Trinajstić information content (AvgIpc) is 2.60. The van der Waals surface area contributed by atoms with Crippen LogP contribution >= 0.6 is 0 Å². The van der Waals surface area contributed by atoms with Gasteiger partial charge in [0.25, 0.3) is 0 Å². The average molecular weight is 362 g/mol. The van der Waals surface area contributed by atoms with E-state index in [1.807, 2.05) is 0 Å². The van der Waals surface area contributed by atoms with E-state index in [0.717, 1.165) is 52.1 Å². The number of carboxylic acids is 1. The molecule has 0 bridgehead atoms. The molecule has 8 N–H and O–H groups in total. The van der Waals surface area contributed by atoms with Crippen molar-refractivity contribution in [3.8, 4) is 0 Å². The van der Waals surface area contributed by atoms with Gasteiger partial charge in [0.05, 0.1) is 0 Å². The molecule has 0 aliphatic rings. The maximum atomic E-state index is 10.1. The largest absolute Gasteiger partial charge is 0.481 e. The predicted molar refractivity (Wildman–Crippen MR) is 107 cm³/mol. The summed E-state index contributed by atoms with van der Waals surface area (Å²) in [4.78, 5) is 10.1. The van der Waals surface area contributed by atoms with Gasteiger partial charge in [0, 0.05) is 58.8 Å². The van der Waals surface area contributed by atoms with E-state index in [2.05, 4.69) is 22.9 Å². The van der Waals surface area contributed by atoms with Crippen molar-refractivity contribution in [3.05, 3.63) is 0 Å². The van der Waals surface area contributed by atoms with E-state index in [1.54, 1.807) is 0 Å². The van der Waals surface area contributed by atoms with Gasteiger partial charge in [0.15, 0.2) is 0 Å². The molecule has 7 nitrogen and oxygen atoms in total. The molecule has 0 fully saturated rings. The van der Waals surface area contributed by atoms with Crippen molar-refractivity contribution in [1.29, 1.82) is 0 Å². The van der Waals surface area contributed by atoms with Crippen LogP contribution in [0.4, 0.5) is 0 Å². The molecule has 0 rings (SSSR count). The standard InChI is InChI=1S/C10H20O2.C8H23N5/c1-2-3-4-5-6-7-8-9-10(11)12;9-1-3-11-5-7-13-8-6-12-4-2-10/h2-9H2,1H3,(H,11,12);11-13H,1-10H2. The van der Waals surface area contributed by atoms with Crippen molar-refractivity contribution in [3.63, 3.8) is 0 Å². The fraction of sp³-hybridized carbons (Fsp3) is 0.944. The Balaban J connectivity index is 0. The number of aliphatic carboxylic acids is 1. The maximum Gasteiger partial charge on any atom is 0.303 e. The lowest BCUT2D eigenvalue weighted by atomic mass is 10.1. The van der Waals surface area contributed by atoms with Crippen molar-refractivity contribution in [1.82, 2.24) is 16.0 Å². The zero-order valence-electron chi connectivity index (χ0n) is 16.3. The Morgan fingerprint density at radius 3 is 1.52 bits per heavy atom. The molecule has 0 unspecified atom stereocenters. The van der Waals surface area contributed by atoms with Crippen molar-refractivity contribution >= 4 is 5.97 Å². The molecule has 0 spiro atoms. The number of nitrogens with one attached hydrogen (secondary N) is 3. The van der Waals surface area contributed by atoms with Gasteiger partial charge >= 0.3 is 5.97 Å². The highest BCUT2D eigenvalue weighted by Gasteiger charge is 1.95. The van der Waals surface area contributed by atoms with Gasteiger partial charge in [-0.2, -0.15) is 0 Å². The third kappa shape index (κ3) is 31.5. The van der Waals surface area contributed by atoms with Gasteiger partial charge in [0.2, 0.25) is 0 Å². The normalized spacial score (nSPS) is 10.4. The smallest absolute Gasteiger partial charge is 0.303 e. The fourth-order valence-corrected chi connectivity index (χ4v) is 2.17. The van der Waals surface area contributed by atoms with Crippen molar-refractivity contribution in [2.24, 2.45) is 11.5 Å². The van der Waals surface area contributed by atoms with Crippen LogP contribution in [0.25, 0.3) is 0 Å². The molecule has 0 radical (unpaired) electrons. The zero-order valence-corrected chi connectivity index (χ0v) is 16.3. The summed E-state index contributed by atoms with van der Waals surface area (Å²) in [5, 5.41) is 18.1. The Bertz CT molecular complexity index is 246. The Morgan fingerprint density at radius 1 is 0.720 bits per heavy atom. The van der Waals surface area contributed by atoms with E-state index < -0.39 is 5.97 Å². The number of hydrogen-bond acceptors (Lipinski definition) is 6. The van der Waals surface area contributed by atoms with E-state index in [0.29, 0.717) is 19.5 Å².